The smallest absolute Gasteiger partial charge is 0.389 e. The molecule has 1 aliphatic carbocycles. The zero-order chi connectivity index (χ0) is 28.3. The van der Waals surface area contributed by atoms with Crippen LogP contribution < -0.4 is 21.1 Å². The third kappa shape index (κ3) is 6.92. The van der Waals surface area contributed by atoms with E-state index in [0.717, 1.165) is 18.9 Å². The number of ether oxygens (including phenoxy) is 1. The lowest BCUT2D eigenvalue weighted by Crippen LogP contribution is -2.48. The van der Waals surface area contributed by atoms with E-state index in [9.17, 15) is 31.9 Å². The number of nitrogens with two attached hydrogens (primary N) is 1. The van der Waals surface area contributed by atoms with Crippen molar-refractivity contribution in [1.29, 1.82) is 0 Å². The summed E-state index contributed by atoms with van der Waals surface area (Å²) in [5, 5.41) is 4.81. The summed E-state index contributed by atoms with van der Waals surface area (Å²) in [6.07, 6.45) is -6.45. The summed E-state index contributed by atoms with van der Waals surface area (Å²) >= 11 is 0. The summed E-state index contributed by atoms with van der Waals surface area (Å²) in [4.78, 5) is 43.1. The molecule has 0 saturated heterocycles. The summed E-state index contributed by atoms with van der Waals surface area (Å²) in [6.45, 7) is 0. The number of aliphatic imine (C=N–C) groups is 1. The van der Waals surface area contributed by atoms with Crippen molar-refractivity contribution in [3.8, 4) is 5.75 Å². The Morgan fingerprint density at radius 3 is 2.54 bits per heavy atom. The second-order valence-electron chi connectivity index (χ2n) is 9.72. The Hall–Kier alpha value is -3.96. The predicted molar refractivity (Wildman–Crippen MR) is 134 cm³/mol. The highest BCUT2D eigenvalue weighted by Gasteiger charge is 2.41. The average Bonchev–Trinajstić information content (AvgIpc) is 3.71. The van der Waals surface area contributed by atoms with Crippen molar-refractivity contribution >= 4 is 29.1 Å². The Labute approximate surface area is 222 Å². The van der Waals surface area contributed by atoms with Crippen LogP contribution in [0.1, 0.15) is 43.2 Å². The fourth-order valence-electron chi connectivity index (χ4n) is 4.66. The number of primary amides is 1. The number of hydrogen-bond donors (Lipinski definition) is 3. The van der Waals surface area contributed by atoms with E-state index in [4.69, 9.17) is 10.5 Å². The van der Waals surface area contributed by atoms with Gasteiger partial charge in [0.15, 0.2) is 0 Å². The van der Waals surface area contributed by atoms with Crippen LogP contribution in [0.5, 0.6) is 5.75 Å². The van der Waals surface area contributed by atoms with Gasteiger partial charge < -0.3 is 21.1 Å². The number of methoxy groups -OCH3 is 1. The van der Waals surface area contributed by atoms with Gasteiger partial charge in [-0.3, -0.25) is 14.4 Å². The van der Waals surface area contributed by atoms with Crippen LogP contribution in [0.3, 0.4) is 0 Å². The first-order chi connectivity index (χ1) is 18.5. The van der Waals surface area contributed by atoms with E-state index in [1.165, 1.54) is 19.2 Å². The van der Waals surface area contributed by atoms with Crippen LogP contribution in [-0.2, 0) is 14.4 Å². The lowest BCUT2D eigenvalue weighted by Gasteiger charge is -2.26. The summed E-state index contributed by atoms with van der Waals surface area (Å²) < 4.78 is 59.3. The van der Waals surface area contributed by atoms with E-state index in [1.54, 1.807) is 24.3 Å². The number of para-hydroxylation sites is 1. The van der Waals surface area contributed by atoms with E-state index in [0.29, 0.717) is 11.3 Å². The molecule has 2 aromatic carbocycles. The molecule has 3 amide bonds. The monoisotopic (exact) mass is 548 g/mol. The molecule has 0 aromatic heterocycles. The fourth-order valence-corrected chi connectivity index (χ4v) is 4.66. The maximum absolute atomic E-state index is 14.8. The molecule has 0 radical (unpaired) electrons. The zero-order valence-electron chi connectivity index (χ0n) is 21.1. The summed E-state index contributed by atoms with van der Waals surface area (Å²) in [7, 11) is 1.45. The maximum Gasteiger partial charge on any atom is 0.389 e. The van der Waals surface area contributed by atoms with Crippen LogP contribution in [0.2, 0.25) is 0 Å². The number of halogens is 4. The molecule has 4 N–H and O–H groups in total. The van der Waals surface area contributed by atoms with Crippen molar-refractivity contribution in [3.05, 3.63) is 59.4 Å². The van der Waals surface area contributed by atoms with Gasteiger partial charge in [0.1, 0.15) is 11.6 Å². The lowest BCUT2D eigenvalue weighted by atomic mass is 9.83. The summed E-state index contributed by atoms with van der Waals surface area (Å²) in [5.41, 5.74) is 6.16. The maximum atomic E-state index is 14.8. The summed E-state index contributed by atoms with van der Waals surface area (Å²) in [5.74, 6) is -5.53. The largest absolute Gasteiger partial charge is 0.497 e. The number of benzene rings is 2. The highest BCUT2D eigenvalue weighted by atomic mass is 19.4. The van der Waals surface area contributed by atoms with Crippen molar-refractivity contribution < 1.29 is 36.7 Å². The number of carbonyl (C=O) groups excluding carboxylic acids is 3. The first-order valence-corrected chi connectivity index (χ1v) is 12.4. The number of nitrogens with one attached hydrogen (secondary N) is 2. The van der Waals surface area contributed by atoms with Crippen molar-refractivity contribution in [2.75, 3.05) is 12.4 Å². The zero-order valence-corrected chi connectivity index (χ0v) is 21.1. The molecule has 12 heteroatoms. The van der Waals surface area contributed by atoms with Gasteiger partial charge in [-0.1, -0.05) is 37.1 Å². The quantitative estimate of drug-likeness (QED) is 0.390. The molecule has 2 aliphatic rings. The second-order valence-corrected chi connectivity index (χ2v) is 9.72. The van der Waals surface area contributed by atoms with Crippen molar-refractivity contribution in [2.24, 2.45) is 28.5 Å². The molecule has 1 aliphatic heterocycles. The third-order valence-electron chi connectivity index (χ3n) is 6.86. The van der Waals surface area contributed by atoms with Crippen LogP contribution in [0.4, 0.5) is 23.2 Å². The Morgan fingerprint density at radius 2 is 1.90 bits per heavy atom. The van der Waals surface area contributed by atoms with Crippen LogP contribution >= 0.6 is 0 Å². The first-order valence-electron chi connectivity index (χ1n) is 12.4. The van der Waals surface area contributed by atoms with Crippen molar-refractivity contribution in [3.63, 3.8) is 0 Å². The summed E-state index contributed by atoms with van der Waals surface area (Å²) in [6, 6.07) is 10.7. The van der Waals surface area contributed by atoms with E-state index in [2.05, 4.69) is 15.6 Å². The Morgan fingerprint density at radius 1 is 1.18 bits per heavy atom. The molecule has 208 valence electrons. The van der Waals surface area contributed by atoms with Gasteiger partial charge in [-0.05, 0) is 37.0 Å². The Balaban J connectivity index is 1.70. The number of carbonyl (C=O) groups is 3. The van der Waals surface area contributed by atoms with Gasteiger partial charge in [0.25, 0.3) is 5.91 Å². The van der Waals surface area contributed by atoms with E-state index < -0.39 is 60.6 Å². The van der Waals surface area contributed by atoms with Crippen molar-refractivity contribution in [2.45, 2.75) is 44.4 Å². The van der Waals surface area contributed by atoms with E-state index in [1.807, 2.05) is 0 Å². The van der Waals surface area contributed by atoms with Gasteiger partial charge in [-0.25, -0.2) is 9.38 Å². The van der Waals surface area contributed by atoms with Crippen LogP contribution in [0.25, 0.3) is 0 Å². The predicted octanol–water partition coefficient (Wildman–Crippen LogP) is 3.93. The molecule has 8 nitrogen and oxygen atoms in total. The molecule has 0 spiro atoms. The minimum atomic E-state index is -4.57. The Kier molecular flexibility index (Phi) is 8.22. The van der Waals surface area contributed by atoms with Crippen LogP contribution in [0.15, 0.2) is 47.5 Å². The van der Waals surface area contributed by atoms with Gasteiger partial charge in [-0.2, -0.15) is 13.2 Å². The number of hydrogen-bond acceptors (Lipinski definition) is 5. The number of nitrogens with zero attached hydrogens (tertiary/aromatic N) is 1. The highest BCUT2D eigenvalue weighted by Crippen LogP contribution is 2.39. The molecule has 3 atom stereocenters. The fraction of sp³-hybridized carbons (Fsp3) is 0.407. The molecular formula is C27H28F4N4O4. The van der Waals surface area contributed by atoms with E-state index in [-0.39, 0.29) is 29.3 Å². The number of fused-ring (bicyclic) bond motifs is 1. The average molecular weight is 549 g/mol. The molecule has 1 heterocycles. The number of rotatable bonds is 10. The molecule has 4 rings (SSSR count). The number of benzodiazepines with no additional fused rings is 1. The third-order valence-corrected chi connectivity index (χ3v) is 6.86. The number of anilines is 1. The van der Waals surface area contributed by atoms with Gasteiger partial charge in [0.2, 0.25) is 18.0 Å². The van der Waals surface area contributed by atoms with Gasteiger partial charge in [0, 0.05) is 29.4 Å². The molecule has 1 fully saturated rings. The SMILES string of the molecule is COc1cccc(C2=NC(NC(=O)C(CCC(F)(F)F)C(CC3CC3)C(N)=O)C(=O)Nc3c(F)cccc32)c1. The van der Waals surface area contributed by atoms with Crippen LogP contribution in [0, 0.1) is 23.6 Å². The first kappa shape index (κ1) is 28.1. The van der Waals surface area contributed by atoms with Gasteiger partial charge in [0.05, 0.1) is 18.5 Å². The minimum absolute atomic E-state index is 0.0972. The van der Waals surface area contributed by atoms with Gasteiger partial charge in [-0.15, -0.1) is 0 Å². The van der Waals surface area contributed by atoms with Gasteiger partial charge >= 0.3 is 6.18 Å². The standard InChI is InChI=1S/C27H28F4N4O4/c1-39-16-5-2-4-15(13-16)21-18-6-3-7-20(28)22(18)34-26(38)24(33-21)35-25(37)17(10-11-27(29,30)31)19(23(32)36)12-14-8-9-14/h2-7,13-14,17,19,24H,8-12H2,1H3,(H2,32,36)(H,34,38)(H,35,37). The van der Waals surface area contributed by atoms with Crippen molar-refractivity contribution in [1.82, 2.24) is 5.32 Å². The molecule has 39 heavy (non-hydrogen) atoms. The lowest BCUT2D eigenvalue weighted by molar-refractivity contribution is -0.146. The Bertz CT molecular complexity index is 1290. The molecule has 1 saturated carbocycles. The molecule has 3 unspecified atom stereocenters. The normalized spacial score (nSPS) is 18.6. The molecular weight excluding hydrogens is 520 g/mol. The number of alkyl halides is 3. The highest BCUT2D eigenvalue weighted by molar-refractivity contribution is 6.20. The number of amides is 3. The topological polar surface area (TPSA) is 123 Å². The molecule has 0 bridgehead atoms. The van der Waals surface area contributed by atoms with E-state index >= 15 is 0 Å². The van der Waals surface area contributed by atoms with Crippen LogP contribution in [-0.4, -0.2) is 42.9 Å². The molecule has 2 aromatic rings. The minimum Gasteiger partial charge on any atom is -0.497 e. The second kappa shape index (κ2) is 11.4.